The number of rotatable bonds is 11. The molecule has 1 unspecified atom stereocenters. The lowest BCUT2D eigenvalue weighted by Crippen LogP contribution is -2.21. The Morgan fingerprint density at radius 3 is 2.24 bits per heavy atom. The summed E-state index contributed by atoms with van der Waals surface area (Å²) in [7, 11) is 0. The summed E-state index contributed by atoms with van der Waals surface area (Å²) in [5.41, 5.74) is 6.95. The molecule has 0 bridgehead atoms. The van der Waals surface area contributed by atoms with Gasteiger partial charge in [0.15, 0.2) is 11.8 Å². The van der Waals surface area contributed by atoms with Crippen LogP contribution in [0.2, 0.25) is 0 Å². The number of nitrogens with one attached hydrogen (secondary N) is 2. The Hall–Kier alpha value is -3.55. The van der Waals surface area contributed by atoms with Crippen molar-refractivity contribution in [1.29, 1.82) is 5.41 Å². The highest BCUT2D eigenvalue weighted by Gasteiger charge is 2.22. The molecular weight excluding hydrogens is 374 g/mol. The van der Waals surface area contributed by atoms with Crippen LogP contribution < -0.4 is 20.5 Å². The van der Waals surface area contributed by atoms with E-state index in [1.807, 2.05) is 6.92 Å². The van der Waals surface area contributed by atoms with E-state index in [0.717, 1.165) is 0 Å². The second kappa shape index (κ2) is 10.1. The summed E-state index contributed by atoms with van der Waals surface area (Å²) < 4.78 is 11.0. The van der Waals surface area contributed by atoms with E-state index in [1.165, 1.54) is 0 Å². The molecule has 2 rings (SSSR count). The van der Waals surface area contributed by atoms with Gasteiger partial charge in [0.25, 0.3) is 0 Å². The van der Waals surface area contributed by atoms with Crippen molar-refractivity contribution in [2.75, 3.05) is 18.5 Å². The van der Waals surface area contributed by atoms with Crippen molar-refractivity contribution in [3.63, 3.8) is 0 Å². The fourth-order valence-electron chi connectivity index (χ4n) is 2.56. The molecule has 2 aromatic rings. The van der Waals surface area contributed by atoms with Crippen molar-refractivity contribution < 1.29 is 24.2 Å². The number of ketones is 1. The molecule has 8 heteroatoms. The maximum Gasteiger partial charge on any atom is 0.330 e. The van der Waals surface area contributed by atoms with E-state index in [4.69, 9.17) is 20.6 Å². The first kappa shape index (κ1) is 21.7. The van der Waals surface area contributed by atoms with Crippen molar-refractivity contribution in [3.8, 4) is 11.5 Å². The number of amidine groups is 1. The third kappa shape index (κ3) is 6.24. The second-order valence-electron chi connectivity index (χ2n) is 6.26. The fourth-order valence-corrected chi connectivity index (χ4v) is 2.56. The third-order valence-corrected chi connectivity index (χ3v) is 4.09. The molecule has 0 saturated heterocycles. The van der Waals surface area contributed by atoms with Gasteiger partial charge in [-0.3, -0.25) is 10.2 Å². The van der Waals surface area contributed by atoms with E-state index in [9.17, 15) is 14.7 Å². The number of Topliss-reactive ketones (excluding diaryl/α,β-unsaturated/α-hetero) is 1. The Morgan fingerprint density at radius 2 is 1.72 bits per heavy atom. The lowest BCUT2D eigenvalue weighted by molar-refractivity contribution is -0.138. The van der Waals surface area contributed by atoms with Crippen LogP contribution in [0.4, 0.5) is 5.69 Å². The van der Waals surface area contributed by atoms with Crippen molar-refractivity contribution in [2.24, 2.45) is 5.73 Å². The van der Waals surface area contributed by atoms with Crippen LogP contribution in [0.5, 0.6) is 11.5 Å². The van der Waals surface area contributed by atoms with Crippen LogP contribution in [0.3, 0.4) is 0 Å². The maximum absolute atomic E-state index is 11.9. The number of nitrogens with two attached hydrogens (primary N) is 1. The summed E-state index contributed by atoms with van der Waals surface area (Å²) in [5, 5.41) is 20.1. The average Bonchev–Trinajstić information content (AvgIpc) is 2.70. The van der Waals surface area contributed by atoms with Crippen LogP contribution in [-0.2, 0) is 9.59 Å². The highest BCUT2D eigenvalue weighted by atomic mass is 16.5. The van der Waals surface area contributed by atoms with Crippen molar-refractivity contribution in [3.05, 3.63) is 53.6 Å². The Bertz CT molecular complexity index is 880. The largest absolute Gasteiger partial charge is 0.494 e. The van der Waals surface area contributed by atoms with Gasteiger partial charge in [-0.1, -0.05) is 6.92 Å². The molecule has 0 amide bonds. The van der Waals surface area contributed by atoms with Gasteiger partial charge in [0, 0.05) is 23.7 Å². The van der Waals surface area contributed by atoms with Crippen LogP contribution in [-0.4, -0.2) is 35.9 Å². The number of ether oxygens (including phenoxy) is 2. The predicted molar refractivity (Wildman–Crippen MR) is 110 cm³/mol. The first-order chi connectivity index (χ1) is 13.8. The van der Waals surface area contributed by atoms with E-state index in [0.29, 0.717) is 41.3 Å². The number of carboxylic acids is 1. The number of hydrogen-bond acceptors (Lipinski definition) is 6. The number of carboxylic acid groups (broad SMARTS) is 1. The molecule has 0 aliphatic rings. The molecule has 0 radical (unpaired) electrons. The van der Waals surface area contributed by atoms with Crippen molar-refractivity contribution in [1.82, 2.24) is 0 Å². The first-order valence-electron chi connectivity index (χ1n) is 9.20. The zero-order chi connectivity index (χ0) is 21.4. The van der Waals surface area contributed by atoms with Crippen LogP contribution in [0.1, 0.15) is 37.4 Å². The third-order valence-electron chi connectivity index (χ3n) is 4.09. The topological polar surface area (TPSA) is 135 Å². The van der Waals surface area contributed by atoms with E-state index < -0.39 is 12.0 Å². The Balaban J connectivity index is 2.32. The van der Waals surface area contributed by atoms with Gasteiger partial charge < -0.3 is 25.6 Å². The van der Waals surface area contributed by atoms with Gasteiger partial charge in [0.1, 0.15) is 23.9 Å². The lowest BCUT2D eigenvalue weighted by atomic mass is 10.1. The van der Waals surface area contributed by atoms with Gasteiger partial charge in [-0.2, -0.15) is 0 Å². The number of carbonyl (C=O) groups excluding carboxylic acids is 1. The minimum Gasteiger partial charge on any atom is -0.494 e. The summed E-state index contributed by atoms with van der Waals surface area (Å²) in [6, 6.07) is 10.3. The Labute approximate surface area is 169 Å². The number of benzene rings is 2. The molecule has 154 valence electrons. The standard InChI is InChI=1S/C21H25N3O5/c1-3-16(25)12-29-18-10-14(9-17(11-18)28-4-2)19(21(26)27)24-15-7-5-13(6-8-15)20(22)23/h5-11,19,24H,3-4,12H2,1-2H3,(H3,22,23)(H,26,27). The van der Waals surface area contributed by atoms with E-state index >= 15 is 0 Å². The molecule has 29 heavy (non-hydrogen) atoms. The molecule has 0 heterocycles. The fraction of sp³-hybridized carbons (Fsp3) is 0.286. The van der Waals surface area contributed by atoms with E-state index in [-0.39, 0.29) is 18.2 Å². The number of nitrogen functional groups attached to an aromatic ring is 1. The molecule has 0 fully saturated rings. The van der Waals surface area contributed by atoms with Gasteiger partial charge in [0.05, 0.1) is 6.61 Å². The lowest BCUT2D eigenvalue weighted by Gasteiger charge is -2.19. The molecular formula is C21H25N3O5. The molecule has 1 atom stereocenters. The molecule has 0 spiro atoms. The SMILES string of the molecule is CCOc1cc(OCC(=O)CC)cc(C(Nc2ccc(C(=N)N)cc2)C(=O)O)c1. The normalized spacial score (nSPS) is 11.4. The number of carbonyl (C=O) groups is 2. The zero-order valence-electron chi connectivity index (χ0n) is 16.4. The van der Waals surface area contributed by atoms with Crippen molar-refractivity contribution in [2.45, 2.75) is 26.3 Å². The molecule has 2 aromatic carbocycles. The van der Waals surface area contributed by atoms with E-state index in [1.54, 1.807) is 49.4 Å². The molecule has 0 aromatic heterocycles. The minimum absolute atomic E-state index is 0.0631. The quantitative estimate of drug-likeness (QED) is 0.337. The van der Waals surface area contributed by atoms with Gasteiger partial charge in [-0.25, -0.2) is 4.79 Å². The number of aliphatic carboxylic acids is 1. The minimum atomic E-state index is -1.09. The monoisotopic (exact) mass is 399 g/mol. The van der Waals surface area contributed by atoms with Gasteiger partial charge in [-0.15, -0.1) is 0 Å². The van der Waals surface area contributed by atoms with Crippen LogP contribution >= 0.6 is 0 Å². The number of anilines is 1. The van der Waals surface area contributed by atoms with Gasteiger partial charge in [-0.05, 0) is 48.9 Å². The highest BCUT2D eigenvalue weighted by Crippen LogP contribution is 2.29. The highest BCUT2D eigenvalue weighted by molar-refractivity contribution is 5.95. The van der Waals surface area contributed by atoms with Crippen LogP contribution in [0.15, 0.2) is 42.5 Å². The second-order valence-corrected chi connectivity index (χ2v) is 6.26. The molecule has 0 aliphatic carbocycles. The van der Waals surface area contributed by atoms with Gasteiger partial charge in [0.2, 0.25) is 0 Å². The number of hydrogen-bond donors (Lipinski definition) is 4. The summed E-state index contributed by atoms with van der Waals surface area (Å²) in [4.78, 5) is 23.5. The molecule has 5 N–H and O–H groups in total. The van der Waals surface area contributed by atoms with Crippen LogP contribution in [0, 0.1) is 5.41 Å². The van der Waals surface area contributed by atoms with Crippen LogP contribution in [0.25, 0.3) is 0 Å². The molecule has 8 nitrogen and oxygen atoms in total. The smallest absolute Gasteiger partial charge is 0.330 e. The van der Waals surface area contributed by atoms with E-state index in [2.05, 4.69) is 5.32 Å². The molecule has 0 aliphatic heterocycles. The summed E-state index contributed by atoms with van der Waals surface area (Å²) in [6.45, 7) is 3.87. The predicted octanol–water partition coefficient (Wildman–Crippen LogP) is 2.97. The summed E-state index contributed by atoms with van der Waals surface area (Å²) in [5.74, 6) is -0.424. The molecule has 0 saturated carbocycles. The Morgan fingerprint density at radius 1 is 1.10 bits per heavy atom. The van der Waals surface area contributed by atoms with Gasteiger partial charge >= 0.3 is 5.97 Å². The summed E-state index contributed by atoms with van der Waals surface area (Å²) in [6.07, 6.45) is 0.355. The maximum atomic E-state index is 11.9. The zero-order valence-corrected chi connectivity index (χ0v) is 16.4. The summed E-state index contributed by atoms with van der Waals surface area (Å²) >= 11 is 0. The first-order valence-corrected chi connectivity index (χ1v) is 9.20. The average molecular weight is 399 g/mol. The van der Waals surface area contributed by atoms with Crippen molar-refractivity contribution >= 4 is 23.3 Å². The Kier molecular flexibility index (Phi) is 7.59.